The fourth-order valence-electron chi connectivity index (χ4n) is 3.28. The third-order valence-corrected chi connectivity index (χ3v) is 4.94. The normalized spacial score (nSPS) is 23.7. The smallest absolute Gasteiger partial charge is 0.191 e. The van der Waals surface area contributed by atoms with Gasteiger partial charge in [-0.15, -0.1) is 24.0 Å². The largest absolute Gasteiger partial charge is 0.357 e. The van der Waals surface area contributed by atoms with Gasteiger partial charge in [-0.05, 0) is 63.8 Å². The lowest BCUT2D eigenvalue weighted by molar-refractivity contribution is 0.315. The van der Waals surface area contributed by atoms with Crippen molar-refractivity contribution >= 4 is 29.9 Å². The van der Waals surface area contributed by atoms with Crippen molar-refractivity contribution in [2.75, 3.05) is 26.2 Å². The van der Waals surface area contributed by atoms with Crippen LogP contribution in [0.2, 0.25) is 0 Å². The van der Waals surface area contributed by atoms with Gasteiger partial charge in [0.05, 0.1) is 0 Å². The molecule has 0 bridgehead atoms. The Kier molecular flexibility index (Phi) is 9.34. The summed E-state index contributed by atoms with van der Waals surface area (Å²) in [5.41, 5.74) is 0.404. The summed E-state index contributed by atoms with van der Waals surface area (Å²) in [5, 5.41) is 6.99. The Morgan fingerprint density at radius 2 is 1.96 bits per heavy atom. The minimum Gasteiger partial charge on any atom is -0.357 e. The summed E-state index contributed by atoms with van der Waals surface area (Å²) in [4.78, 5) is 7.53. The van der Waals surface area contributed by atoms with E-state index in [0.717, 1.165) is 31.0 Å². The first-order valence-electron chi connectivity index (χ1n) is 9.66. The second-order valence-corrected chi connectivity index (χ2v) is 8.75. The molecule has 2 unspecified atom stereocenters. The van der Waals surface area contributed by atoms with Gasteiger partial charge in [0, 0.05) is 31.7 Å². The highest BCUT2D eigenvalue weighted by molar-refractivity contribution is 14.0. The van der Waals surface area contributed by atoms with Crippen LogP contribution in [0.15, 0.2) is 4.99 Å². The molecule has 1 heterocycles. The Balaban J connectivity index is 0.00000288. The molecule has 2 N–H and O–H groups in total. The first kappa shape index (κ1) is 22.0. The van der Waals surface area contributed by atoms with Gasteiger partial charge in [0.2, 0.25) is 0 Å². The molecule has 1 aliphatic carbocycles. The second-order valence-electron chi connectivity index (χ2n) is 8.75. The number of rotatable bonds is 7. The van der Waals surface area contributed by atoms with Gasteiger partial charge in [-0.2, -0.15) is 0 Å². The maximum atomic E-state index is 4.86. The fourth-order valence-corrected chi connectivity index (χ4v) is 3.28. The summed E-state index contributed by atoms with van der Waals surface area (Å²) in [7, 11) is 0. The van der Waals surface area contributed by atoms with Gasteiger partial charge in [0.25, 0.3) is 0 Å². The van der Waals surface area contributed by atoms with E-state index in [-0.39, 0.29) is 24.0 Å². The quantitative estimate of drug-likeness (QED) is 0.352. The van der Waals surface area contributed by atoms with Crippen LogP contribution in [-0.4, -0.2) is 49.1 Å². The molecule has 142 valence electrons. The number of likely N-dealkylation sites (tertiary alicyclic amines) is 1. The van der Waals surface area contributed by atoms with Gasteiger partial charge in [-0.1, -0.05) is 20.8 Å². The van der Waals surface area contributed by atoms with Gasteiger partial charge >= 0.3 is 0 Å². The van der Waals surface area contributed by atoms with Gasteiger partial charge < -0.3 is 15.5 Å². The molecule has 1 saturated heterocycles. The monoisotopic (exact) mass is 450 g/mol. The van der Waals surface area contributed by atoms with E-state index in [1.807, 2.05) is 0 Å². The molecule has 1 aliphatic heterocycles. The first-order valence-corrected chi connectivity index (χ1v) is 9.66. The molecular weight excluding hydrogens is 411 g/mol. The van der Waals surface area contributed by atoms with Gasteiger partial charge in [0.1, 0.15) is 0 Å². The van der Waals surface area contributed by atoms with Gasteiger partial charge in [0.15, 0.2) is 5.96 Å². The molecule has 0 aromatic rings. The van der Waals surface area contributed by atoms with Crippen molar-refractivity contribution in [2.45, 2.75) is 78.8 Å². The lowest BCUT2D eigenvalue weighted by atomic mass is 9.89. The van der Waals surface area contributed by atoms with E-state index >= 15 is 0 Å². The Hall–Kier alpha value is -0.0400. The minimum atomic E-state index is 0. The average Bonchev–Trinajstić information content (AvgIpc) is 3.21. The molecule has 0 amide bonds. The molecule has 2 rings (SSSR count). The standard InChI is InChI=1S/C19H38N4.HI/c1-6-20-18(22-15(2)9-11-19(3,4)5)21-13-16-10-12-23(14-16)17-7-8-17;/h15-17H,6-14H2,1-5H3,(H2,20,21,22);1H. The van der Waals surface area contributed by atoms with Crippen molar-refractivity contribution in [3.63, 3.8) is 0 Å². The van der Waals surface area contributed by atoms with E-state index < -0.39 is 0 Å². The summed E-state index contributed by atoms with van der Waals surface area (Å²) in [6.45, 7) is 15.8. The van der Waals surface area contributed by atoms with E-state index in [1.165, 1.54) is 45.2 Å². The van der Waals surface area contributed by atoms with Crippen molar-refractivity contribution in [1.29, 1.82) is 0 Å². The average molecular weight is 450 g/mol. The molecule has 1 saturated carbocycles. The van der Waals surface area contributed by atoms with Crippen LogP contribution < -0.4 is 10.6 Å². The fraction of sp³-hybridized carbons (Fsp3) is 0.947. The molecule has 2 fully saturated rings. The molecule has 2 atom stereocenters. The lowest BCUT2D eigenvalue weighted by Crippen LogP contribution is -2.42. The zero-order valence-electron chi connectivity index (χ0n) is 16.4. The molecule has 0 aromatic heterocycles. The molecule has 0 radical (unpaired) electrons. The lowest BCUT2D eigenvalue weighted by Gasteiger charge is -2.23. The van der Waals surface area contributed by atoms with Crippen molar-refractivity contribution in [1.82, 2.24) is 15.5 Å². The molecule has 4 nitrogen and oxygen atoms in total. The van der Waals surface area contributed by atoms with E-state index in [0.29, 0.717) is 11.5 Å². The van der Waals surface area contributed by atoms with Crippen LogP contribution in [0.1, 0.15) is 66.7 Å². The molecule has 2 aliphatic rings. The van der Waals surface area contributed by atoms with Crippen LogP contribution in [0, 0.1) is 11.3 Å². The van der Waals surface area contributed by atoms with Gasteiger partial charge in [-0.3, -0.25) is 4.99 Å². The maximum Gasteiger partial charge on any atom is 0.191 e. The zero-order chi connectivity index (χ0) is 16.9. The molecular formula is C19H39IN4. The molecule has 5 heteroatoms. The van der Waals surface area contributed by atoms with Crippen molar-refractivity contribution < 1.29 is 0 Å². The topological polar surface area (TPSA) is 39.7 Å². The summed E-state index contributed by atoms with van der Waals surface area (Å²) in [5.74, 6) is 1.75. The number of aliphatic imine (C=N–C) groups is 1. The Labute approximate surface area is 166 Å². The third-order valence-electron chi connectivity index (χ3n) is 4.94. The van der Waals surface area contributed by atoms with E-state index in [1.54, 1.807) is 0 Å². The summed E-state index contributed by atoms with van der Waals surface area (Å²) >= 11 is 0. The van der Waals surface area contributed by atoms with Crippen LogP contribution in [0.4, 0.5) is 0 Å². The first-order chi connectivity index (χ1) is 10.9. The van der Waals surface area contributed by atoms with Crippen molar-refractivity contribution in [3.05, 3.63) is 0 Å². The second kappa shape index (κ2) is 10.2. The highest BCUT2D eigenvalue weighted by Gasteiger charge is 2.34. The van der Waals surface area contributed by atoms with Crippen LogP contribution in [0.5, 0.6) is 0 Å². The summed E-state index contributed by atoms with van der Waals surface area (Å²) in [6, 6.07) is 1.38. The molecule has 24 heavy (non-hydrogen) atoms. The third kappa shape index (κ3) is 8.37. The van der Waals surface area contributed by atoms with Crippen molar-refractivity contribution in [3.8, 4) is 0 Å². The number of halogens is 1. The van der Waals surface area contributed by atoms with Crippen LogP contribution in [-0.2, 0) is 0 Å². The summed E-state index contributed by atoms with van der Waals surface area (Å²) in [6.07, 6.45) is 6.59. The number of guanidine groups is 1. The Bertz CT molecular complexity index is 387. The van der Waals surface area contributed by atoms with Crippen LogP contribution in [0.3, 0.4) is 0 Å². The Morgan fingerprint density at radius 3 is 2.54 bits per heavy atom. The number of hydrogen-bond donors (Lipinski definition) is 2. The van der Waals surface area contributed by atoms with Crippen molar-refractivity contribution in [2.24, 2.45) is 16.3 Å². The highest BCUT2D eigenvalue weighted by Crippen LogP contribution is 2.31. The zero-order valence-corrected chi connectivity index (χ0v) is 18.7. The Morgan fingerprint density at radius 1 is 1.25 bits per heavy atom. The van der Waals surface area contributed by atoms with Crippen LogP contribution in [0.25, 0.3) is 0 Å². The molecule has 0 spiro atoms. The number of nitrogens with zero attached hydrogens (tertiary/aromatic N) is 2. The number of nitrogens with one attached hydrogen (secondary N) is 2. The SMILES string of the molecule is CCNC(=NCC1CCN(C2CC2)C1)NC(C)CCC(C)(C)C.I. The maximum absolute atomic E-state index is 4.86. The summed E-state index contributed by atoms with van der Waals surface area (Å²) < 4.78 is 0. The number of hydrogen-bond acceptors (Lipinski definition) is 2. The van der Waals surface area contributed by atoms with E-state index in [9.17, 15) is 0 Å². The minimum absolute atomic E-state index is 0. The highest BCUT2D eigenvalue weighted by atomic mass is 127. The van der Waals surface area contributed by atoms with Gasteiger partial charge in [-0.25, -0.2) is 0 Å². The molecule has 0 aromatic carbocycles. The van der Waals surface area contributed by atoms with E-state index in [4.69, 9.17) is 4.99 Å². The van der Waals surface area contributed by atoms with E-state index in [2.05, 4.69) is 50.2 Å². The van der Waals surface area contributed by atoms with Crippen LogP contribution >= 0.6 is 24.0 Å². The predicted octanol–water partition coefficient (Wildman–Crippen LogP) is 3.86. The predicted molar refractivity (Wildman–Crippen MR) is 115 cm³/mol.